The maximum atomic E-state index is 13.9. The number of amides is 1. The molecule has 1 aliphatic carbocycles. The minimum Gasteiger partial charge on any atom is -0.391 e. The number of benzene rings is 1. The number of aromatic amines is 1. The predicted molar refractivity (Wildman–Crippen MR) is 84.2 cm³/mol. The summed E-state index contributed by atoms with van der Waals surface area (Å²) < 4.78 is 27.8. The third-order valence-electron chi connectivity index (χ3n) is 4.51. The normalized spacial score (nSPS) is 16.3. The Morgan fingerprint density at radius 2 is 2.00 bits per heavy atom. The van der Waals surface area contributed by atoms with E-state index < -0.39 is 23.6 Å². The van der Waals surface area contributed by atoms with Gasteiger partial charge in [-0.3, -0.25) is 9.89 Å². The lowest BCUT2D eigenvalue weighted by atomic mass is 10.0. The van der Waals surface area contributed by atoms with E-state index in [0.29, 0.717) is 0 Å². The number of nitrogens with one attached hydrogen (secondary N) is 2. The van der Waals surface area contributed by atoms with Crippen LogP contribution in [-0.2, 0) is 0 Å². The molecule has 1 fully saturated rings. The van der Waals surface area contributed by atoms with Crippen LogP contribution in [0.3, 0.4) is 0 Å². The number of hydrogen-bond acceptors (Lipinski definition) is 3. The van der Waals surface area contributed by atoms with Crippen molar-refractivity contribution in [3.63, 3.8) is 0 Å². The third kappa shape index (κ3) is 3.31. The molecule has 1 aromatic carbocycles. The molecule has 0 spiro atoms. The molecule has 0 bridgehead atoms. The first-order chi connectivity index (χ1) is 11.6. The highest BCUT2D eigenvalue weighted by molar-refractivity contribution is 5.99. The Morgan fingerprint density at radius 3 is 2.67 bits per heavy atom. The summed E-state index contributed by atoms with van der Waals surface area (Å²) in [7, 11) is 0. The molecule has 0 radical (unpaired) electrons. The summed E-state index contributed by atoms with van der Waals surface area (Å²) in [5.74, 6) is -1.89. The van der Waals surface area contributed by atoms with Gasteiger partial charge >= 0.3 is 0 Å². The van der Waals surface area contributed by atoms with Crippen LogP contribution in [0.15, 0.2) is 24.4 Å². The molecule has 0 aliphatic heterocycles. The second-order valence-electron chi connectivity index (χ2n) is 6.08. The maximum absolute atomic E-state index is 13.9. The van der Waals surface area contributed by atoms with Crippen LogP contribution >= 0.6 is 0 Å². The Morgan fingerprint density at radius 1 is 1.33 bits per heavy atom. The first kappa shape index (κ1) is 16.6. The topological polar surface area (TPSA) is 78.0 Å². The number of carbonyl (C=O) groups is 1. The van der Waals surface area contributed by atoms with Gasteiger partial charge in [-0.15, -0.1) is 0 Å². The summed E-state index contributed by atoms with van der Waals surface area (Å²) in [6.07, 6.45) is 4.70. The molecule has 3 N–H and O–H groups in total. The third-order valence-corrected chi connectivity index (χ3v) is 4.51. The average molecular weight is 335 g/mol. The summed E-state index contributed by atoms with van der Waals surface area (Å²) in [4.78, 5) is 12.3. The smallest absolute Gasteiger partial charge is 0.255 e. The molecular formula is C17H19F2N3O2. The SMILES string of the molecule is O=C(NCC(O)C1CCCC1)c1cn[nH]c1-c1c(F)cccc1F. The number of halogens is 2. The zero-order valence-electron chi connectivity index (χ0n) is 13.1. The first-order valence-corrected chi connectivity index (χ1v) is 8.02. The fourth-order valence-corrected chi connectivity index (χ4v) is 3.19. The summed E-state index contributed by atoms with van der Waals surface area (Å²) in [5, 5.41) is 18.9. The lowest BCUT2D eigenvalue weighted by Crippen LogP contribution is -2.35. The fraction of sp³-hybridized carbons (Fsp3) is 0.412. The highest BCUT2D eigenvalue weighted by Crippen LogP contribution is 2.28. The molecule has 1 heterocycles. The van der Waals surface area contributed by atoms with Gasteiger partial charge in [0.1, 0.15) is 11.6 Å². The van der Waals surface area contributed by atoms with Crippen LogP contribution in [0.25, 0.3) is 11.3 Å². The molecule has 128 valence electrons. The van der Waals surface area contributed by atoms with Gasteiger partial charge in [0.25, 0.3) is 5.91 Å². The zero-order valence-corrected chi connectivity index (χ0v) is 13.1. The molecule has 1 atom stereocenters. The van der Waals surface area contributed by atoms with Crippen LogP contribution in [0.5, 0.6) is 0 Å². The minimum atomic E-state index is -0.778. The largest absolute Gasteiger partial charge is 0.391 e. The standard InChI is InChI=1S/C17H19F2N3O2/c18-12-6-3-7-13(19)15(12)16-11(8-21-22-16)17(24)20-9-14(23)10-4-1-2-5-10/h3,6-8,10,14,23H,1-2,4-5,9H2,(H,20,24)(H,21,22). The zero-order chi connectivity index (χ0) is 17.1. The predicted octanol–water partition coefficient (Wildman–Crippen LogP) is 2.64. The molecule has 1 amide bonds. The molecule has 24 heavy (non-hydrogen) atoms. The van der Waals surface area contributed by atoms with Gasteiger partial charge < -0.3 is 10.4 Å². The number of aromatic nitrogens is 2. The van der Waals surface area contributed by atoms with Crippen molar-refractivity contribution in [2.75, 3.05) is 6.54 Å². The number of H-pyrrole nitrogens is 1. The minimum absolute atomic E-state index is 0.0153. The van der Waals surface area contributed by atoms with Crippen LogP contribution in [0.2, 0.25) is 0 Å². The van der Waals surface area contributed by atoms with Crippen LogP contribution < -0.4 is 5.32 Å². The van der Waals surface area contributed by atoms with Gasteiger partial charge in [0, 0.05) is 6.54 Å². The summed E-state index contributed by atoms with van der Waals surface area (Å²) >= 11 is 0. The van der Waals surface area contributed by atoms with Crippen molar-refractivity contribution >= 4 is 5.91 Å². The van der Waals surface area contributed by atoms with E-state index in [1.54, 1.807) is 0 Å². The Labute approximate surface area is 138 Å². The molecule has 0 saturated heterocycles. The molecule has 1 aromatic heterocycles. The molecule has 2 aromatic rings. The van der Waals surface area contributed by atoms with Gasteiger partial charge in [0.2, 0.25) is 0 Å². The van der Waals surface area contributed by atoms with Gasteiger partial charge in [-0.05, 0) is 30.9 Å². The highest BCUT2D eigenvalue weighted by Gasteiger charge is 2.25. The quantitative estimate of drug-likeness (QED) is 0.786. The summed E-state index contributed by atoms with van der Waals surface area (Å²) in [6.45, 7) is 0.105. The van der Waals surface area contributed by atoms with Crippen LogP contribution in [0, 0.1) is 17.6 Å². The Hall–Kier alpha value is -2.28. The van der Waals surface area contributed by atoms with E-state index in [9.17, 15) is 18.7 Å². The summed E-state index contributed by atoms with van der Waals surface area (Å²) in [6, 6.07) is 3.48. The lowest BCUT2D eigenvalue weighted by Gasteiger charge is -2.18. The van der Waals surface area contributed by atoms with Gasteiger partial charge in [0.15, 0.2) is 0 Å². The fourth-order valence-electron chi connectivity index (χ4n) is 3.19. The molecule has 1 saturated carbocycles. The first-order valence-electron chi connectivity index (χ1n) is 8.02. The molecule has 1 unspecified atom stereocenters. The highest BCUT2D eigenvalue weighted by atomic mass is 19.1. The Kier molecular flexibility index (Phi) is 4.89. The van der Waals surface area contributed by atoms with E-state index >= 15 is 0 Å². The number of hydrogen-bond donors (Lipinski definition) is 3. The van der Waals surface area contributed by atoms with E-state index in [1.165, 1.54) is 12.3 Å². The number of nitrogens with zero attached hydrogens (tertiary/aromatic N) is 1. The number of aliphatic hydroxyl groups is 1. The van der Waals surface area contributed by atoms with Crippen LogP contribution in [-0.4, -0.2) is 33.9 Å². The van der Waals surface area contributed by atoms with E-state index in [0.717, 1.165) is 37.8 Å². The van der Waals surface area contributed by atoms with Crippen LogP contribution in [0.1, 0.15) is 36.0 Å². The van der Waals surface area contributed by atoms with Crippen molar-refractivity contribution in [1.82, 2.24) is 15.5 Å². The van der Waals surface area contributed by atoms with E-state index in [4.69, 9.17) is 0 Å². The second-order valence-corrected chi connectivity index (χ2v) is 6.08. The maximum Gasteiger partial charge on any atom is 0.255 e. The molecule has 5 nitrogen and oxygen atoms in total. The monoisotopic (exact) mass is 335 g/mol. The average Bonchev–Trinajstić information content (AvgIpc) is 3.23. The number of rotatable bonds is 5. The molecular weight excluding hydrogens is 316 g/mol. The Balaban J connectivity index is 1.74. The van der Waals surface area contributed by atoms with Crippen molar-refractivity contribution in [2.24, 2.45) is 5.92 Å². The molecule has 7 heteroatoms. The summed E-state index contributed by atoms with van der Waals surface area (Å²) in [5.41, 5.74) is -0.299. The van der Waals surface area contributed by atoms with Crippen molar-refractivity contribution < 1.29 is 18.7 Å². The lowest BCUT2D eigenvalue weighted by molar-refractivity contribution is 0.0841. The van der Waals surface area contributed by atoms with E-state index in [-0.39, 0.29) is 29.3 Å². The van der Waals surface area contributed by atoms with E-state index in [1.807, 2.05) is 0 Å². The van der Waals surface area contributed by atoms with Gasteiger partial charge in [-0.2, -0.15) is 5.10 Å². The number of aliphatic hydroxyl groups excluding tert-OH is 1. The van der Waals surface area contributed by atoms with Gasteiger partial charge in [0.05, 0.1) is 29.1 Å². The van der Waals surface area contributed by atoms with Gasteiger partial charge in [-0.1, -0.05) is 18.9 Å². The Bertz CT molecular complexity index is 706. The van der Waals surface area contributed by atoms with Crippen LogP contribution in [0.4, 0.5) is 8.78 Å². The molecule has 1 aliphatic rings. The van der Waals surface area contributed by atoms with Crippen molar-refractivity contribution in [3.05, 3.63) is 41.6 Å². The van der Waals surface area contributed by atoms with Crippen molar-refractivity contribution in [1.29, 1.82) is 0 Å². The van der Waals surface area contributed by atoms with E-state index in [2.05, 4.69) is 15.5 Å². The van der Waals surface area contributed by atoms with Gasteiger partial charge in [-0.25, -0.2) is 8.78 Å². The van der Waals surface area contributed by atoms with Crippen molar-refractivity contribution in [2.45, 2.75) is 31.8 Å². The molecule has 3 rings (SSSR count). The second kappa shape index (κ2) is 7.09. The number of carbonyl (C=O) groups excluding carboxylic acids is 1. The van der Waals surface area contributed by atoms with Crippen molar-refractivity contribution in [3.8, 4) is 11.3 Å².